The summed E-state index contributed by atoms with van der Waals surface area (Å²) >= 11 is 5.80. The van der Waals surface area contributed by atoms with Gasteiger partial charge < -0.3 is 9.84 Å². The quantitative estimate of drug-likeness (QED) is 0.764. The zero-order chi connectivity index (χ0) is 15.6. The lowest BCUT2D eigenvalue weighted by atomic mass is 10.3. The molecule has 1 aromatic carbocycles. The van der Waals surface area contributed by atoms with E-state index in [-0.39, 0.29) is 16.5 Å². The molecule has 0 unspecified atom stereocenters. The highest BCUT2D eigenvalue weighted by atomic mass is 35.5. The number of carbonyl (C=O) groups is 1. The van der Waals surface area contributed by atoms with Gasteiger partial charge in [0.25, 0.3) is 10.0 Å². The van der Waals surface area contributed by atoms with Gasteiger partial charge in [-0.05, 0) is 18.2 Å². The van der Waals surface area contributed by atoms with Crippen molar-refractivity contribution in [2.45, 2.75) is 5.03 Å². The van der Waals surface area contributed by atoms with Crippen LogP contribution in [0.4, 0.5) is 5.69 Å². The average Bonchev–Trinajstić information content (AvgIpc) is 2.88. The van der Waals surface area contributed by atoms with Crippen LogP contribution in [-0.2, 0) is 10.0 Å². The zero-order valence-corrected chi connectivity index (χ0v) is 12.2. The monoisotopic (exact) mass is 331 g/mol. The molecular formula is C11H10ClN3O5S. The summed E-state index contributed by atoms with van der Waals surface area (Å²) in [4.78, 5) is 11.0. The Kier molecular flexibility index (Phi) is 4.05. The molecule has 0 aliphatic carbocycles. The Morgan fingerprint density at radius 1 is 1.48 bits per heavy atom. The normalized spacial score (nSPS) is 11.1. The number of hydrogen-bond donors (Lipinski definition) is 3. The minimum Gasteiger partial charge on any atom is -0.495 e. The fourth-order valence-electron chi connectivity index (χ4n) is 1.59. The molecular weight excluding hydrogens is 322 g/mol. The van der Waals surface area contributed by atoms with Gasteiger partial charge in [0.1, 0.15) is 11.3 Å². The van der Waals surface area contributed by atoms with Gasteiger partial charge >= 0.3 is 5.97 Å². The summed E-state index contributed by atoms with van der Waals surface area (Å²) in [7, 11) is -2.82. The standard InChI is InChI=1S/C11H10ClN3O5S/c1-20-9-3-2-6(12)4-8(9)15-21(18,19)10-7(11(16)17)5-13-14-10/h2-5,15H,1H3,(H,13,14)(H,16,17). The molecule has 0 aliphatic rings. The number of sulfonamides is 1. The summed E-state index contributed by atoms with van der Waals surface area (Å²) in [5, 5.41) is 14.2. The van der Waals surface area contributed by atoms with Gasteiger partial charge in [-0.1, -0.05) is 11.6 Å². The van der Waals surface area contributed by atoms with Gasteiger partial charge in [-0.15, -0.1) is 0 Å². The molecule has 0 amide bonds. The van der Waals surface area contributed by atoms with Crippen LogP contribution in [-0.4, -0.2) is 36.8 Å². The highest BCUT2D eigenvalue weighted by Gasteiger charge is 2.25. The number of hydrogen-bond acceptors (Lipinski definition) is 5. The summed E-state index contributed by atoms with van der Waals surface area (Å²) in [5.74, 6) is -1.18. The predicted molar refractivity (Wildman–Crippen MR) is 74.4 cm³/mol. The number of ether oxygens (including phenoxy) is 1. The SMILES string of the molecule is COc1ccc(Cl)cc1NS(=O)(=O)c1[nH]ncc1C(=O)O. The van der Waals surface area contributed by atoms with Crippen molar-refractivity contribution in [2.75, 3.05) is 11.8 Å². The summed E-state index contributed by atoms with van der Waals surface area (Å²) in [6.45, 7) is 0. The lowest BCUT2D eigenvalue weighted by molar-refractivity contribution is 0.0692. The van der Waals surface area contributed by atoms with Crippen molar-refractivity contribution in [3.63, 3.8) is 0 Å². The second-order valence-corrected chi connectivity index (χ2v) is 5.92. The second kappa shape index (κ2) is 5.62. The van der Waals surface area contributed by atoms with Crippen molar-refractivity contribution in [3.05, 3.63) is 35.0 Å². The van der Waals surface area contributed by atoms with Crippen molar-refractivity contribution in [1.82, 2.24) is 10.2 Å². The lowest BCUT2D eigenvalue weighted by Crippen LogP contribution is -2.17. The third-order valence-corrected chi connectivity index (χ3v) is 4.08. The number of methoxy groups -OCH3 is 1. The van der Waals surface area contributed by atoms with Crippen molar-refractivity contribution in [1.29, 1.82) is 0 Å². The number of anilines is 1. The zero-order valence-electron chi connectivity index (χ0n) is 10.6. The summed E-state index contributed by atoms with van der Waals surface area (Å²) in [5.41, 5.74) is -0.389. The van der Waals surface area contributed by atoms with Crippen LogP contribution in [0.5, 0.6) is 5.75 Å². The number of aromatic carboxylic acids is 1. The Morgan fingerprint density at radius 3 is 2.81 bits per heavy atom. The number of halogens is 1. The molecule has 21 heavy (non-hydrogen) atoms. The number of nitrogens with zero attached hydrogens (tertiary/aromatic N) is 1. The van der Waals surface area contributed by atoms with E-state index < -0.39 is 26.6 Å². The average molecular weight is 332 g/mol. The van der Waals surface area contributed by atoms with Crippen LogP contribution in [0.3, 0.4) is 0 Å². The largest absolute Gasteiger partial charge is 0.495 e. The predicted octanol–water partition coefficient (Wildman–Crippen LogP) is 1.57. The highest BCUT2D eigenvalue weighted by Crippen LogP contribution is 2.29. The van der Waals surface area contributed by atoms with Gasteiger partial charge in [0, 0.05) is 5.02 Å². The van der Waals surface area contributed by atoms with Gasteiger partial charge in [-0.2, -0.15) is 13.5 Å². The minimum absolute atomic E-state index is 0.0796. The van der Waals surface area contributed by atoms with Crippen molar-refractivity contribution in [2.24, 2.45) is 0 Å². The number of carboxylic acid groups (broad SMARTS) is 1. The Morgan fingerprint density at radius 2 is 2.19 bits per heavy atom. The molecule has 3 N–H and O–H groups in total. The number of nitrogens with one attached hydrogen (secondary N) is 2. The summed E-state index contributed by atoms with van der Waals surface area (Å²) in [6, 6.07) is 4.34. The van der Waals surface area contributed by atoms with Crippen LogP contribution < -0.4 is 9.46 Å². The maximum Gasteiger partial charge on any atom is 0.340 e. The summed E-state index contributed by atoms with van der Waals surface area (Å²) in [6.07, 6.45) is 0.909. The molecule has 0 atom stereocenters. The van der Waals surface area contributed by atoms with E-state index in [1.807, 2.05) is 0 Å². The van der Waals surface area contributed by atoms with Crippen LogP contribution in [0.15, 0.2) is 29.4 Å². The maximum absolute atomic E-state index is 12.2. The first kappa shape index (κ1) is 15.1. The molecule has 0 fully saturated rings. The Bertz CT molecular complexity index is 787. The highest BCUT2D eigenvalue weighted by molar-refractivity contribution is 7.92. The molecule has 0 radical (unpaired) electrons. The molecule has 2 rings (SSSR count). The van der Waals surface area contributed by atoms with Gasteiger partial charge in [0.2, 0.25) is 0 Å². The van der Waals surface area contributed by atoms with E-state index in [1.54, 1.807) is 0 Å². The molecule has 2 aromatic rings. The fraction of sp³-hybridized carbons (Fsp3) is 0.0909. The first-order valence-electron chi connectivity index (χ1n) is 5.48. The smallest absolute Gasteiger partial charge is 0.340 e. The topological polar surface area (TPSA) is 121 Å². The van der Waals surface area contributed by atoms with Gasteiger partial charge in [-0.25, -0.2) is 4.79 Å². The molecule has 0 saturated heterocycles. The lowest BCUT2D eigenvalue weighted by Gasteiger charge is -2.11. The van der Waals surface area contributed by atoms with Crippen LogP contribution in [0.2, 0.25) is 5.02 Å². The fourth-order valence-corrected chi connectivity index (χ4v) is 2.91. The molecule has 1 heterocycles. The molecule has 1 aromatic heterocycles. The number of H-pyrrole nitrogens is 1. The molecule has 8 nitrogen and oxygen atoms in total. The van der Waals surface area contributed by atoms with Gasteiger partial charge in [0.15, 0.2) is 5.03 Å². The minimum atomic E-state index is -4.18. The first-order valence-corrected chi connectivity index (χ1v) is 7.34. The number of aromatic amines is 1. The second-order valence-electron chi connectivity index (χ2n) is 3.87. The van der Waals surface area contributed by atoms with E-state index >= 15 is 0 Å². The van der Waals surface area contributed by atoms with E-state index in [4.69, 9.17) is 21.4 Å². The molecule has 0 saturated carbocycles. The van der Waals surface area contributed by atoms with E-state index in [0.717, 1.165) is 6.20 Å². The van der Waals surface area contributed by atoms with E-state index in [0.29, 0.717) is 0 Å². The molecule has 0 bridgehead atoms. The number of aromatic nitrogens is 2. The van der Waals surface area contributed by atoms with Crippen LogP contribution >= 0.6 is 11.6 Å². The van der Waals surface area contributed by atoms with Crippen LogP contribution in [0, 0.1) is 0 Å². The van der Waals surface area contributed by atoms with Gasteiger partial charge in [0.05, 0.1) is 19.0 Å². The maximum atomic E-state index is 12.2. The molecule has 0 spiro atoms. The Hall–Kier alpha value is -2.26. The third-order valence-electron chi connectivity index (χ3n) is 2.51. The van der Waals surface area contributed by atoms with E-state index in [2.05, 4.69) is 14.9 Å². The van der Waals surface area contributed by atoms with Crippen molar-refractivity contribution in [3.8, 4) is 5.75 Å². The van der Waals surface area contributed by atoms with Crippen LogP contribution in [0.1, 0.15) is 10.4 Å². The van der Waals surface area contributed by atoms with Crippen molar-refractivity contribution >= 4 is 33.3 Å². The van der Waals surface area contributed by atoms with Gasteiger partial charge in [-0.3, -0.25) is 9.82 Å². The third kappa shape index (κ3) is 3.09. The Balaban J connectivity index is 2.45. The van der Waals surface area contributed by atoms with Crippen molar-refractivity contribution < 1.29 is 23.1 Å². The van der Waals surface area contributed by atoms with E-state index in [1.165, 1.54) is 25.3 Å². The molecule has 0 aliphatic heterocycles. The summed E-state index contributed by atoms with van der Waals surface area (Å²) < 4.78 is 31.7. The van der Waals surface area contributed by atoms with Crippen LogP contribution in [0.25, 0.3) is 0 Å². The number of carboxylic acids is 1. The molecule has 10 heteroatoms. The Labute approximate surface area is 124 Å². The number of rotatable bonds is 5. The first-order chi connectivity index (χ1) is 9.85. The van der Waals surface area contributed by atoms with E-state index in [9.17, 15) is 13.2 Å². The molecule has 112 valence electrons. The number of benzene rings is 1.